The fourth-order valence-corrected chi connectivity index (χ4v) is 2.59. The SMILES string of the molecule is CC(C)(C)c1n[nH]cc1CNc1ccc(-c2ccccn2)cc1. The first kappa shape index (κ1) is 15.3. The molecular formula is C19H22N4. The van der Waals surface area contributed by atoms with E-state index in [0.717, 1.165) is 29.2 Å². The second-order valence-corrected chi connectivity index (χ2v) is 6.65. The van der Waals surface area contributed by atoms with Gasteiger partial charge in [-0.2, -0.15) is 5.10 Å². The van der Waals surface area contributed by atoms with Crippen LogP contribution >= 0.6 is 0 Å². The van der Waals surface area contributed by atoms with Crippen molar-refractivity contribution in [1.29, 1.82) is 0 Å². The van der Waals surface area contributed by atoms with E-state index in [2.05, 4.69) is 65.5 Å². The van der Waals surface area contributed by atoms with E-state index in [1.807, 2.05) is 30.6 Å². The third-order valence-electron chi connectivity index (χ3n) is 3.76. The second-order valence-electron chi connectivity index (χ2n) is 6.65. The molecule has 0 atom stereocenters. The Kier molecular flexibility index (Phi) is 4.15. The molecule has 0 radical (unpaired) electrons. The van der Waals surface area contributed by atoms with Gasteiger partial charge in [0.1, 0.15) is 0 Å². The van der Waals surface area contributed by atoms with Crippen LogP contribution in [0.4, 0.5) is 5.69 Å². The Balaban J connectivity index is 1.69. The van der Waals surface area contributed by atoms with Gasteiger partial charge in [0.15, 0.2) is 0 Å². The van der Waals surface area contributed by atoms with Crippen LogP contribution in [-0.4, -0.2) is 15.2 Å². The molecular weight excluding hydrogens is 284 g/mol. The second kappa shape index (κ2) is 6.24. The van der Waals surface area contributed by atoms with Gasteiger partial charge in [-0.15, -0.1) is 0 Å². The molecule has 23 heavy (non-hydrogen) atoms. The minimum absolute atomic E-state index is 0.0415. The fraction of sp³-hybridized carbons (Fsp3) is 0.263. The molecule has 0 amide bonds. The largest absolute Gasteiger partial charge is 0.381 e. The third-order valence-corrected chi connectivity index (χ3v) is 3.76. The van der Waals surface area contributed by atoms with E-state index < -0.39 is 0 Å². The van der Waals surface area contributed by atoms with E-state index in [1.54, 1.807) is 0 Å². The smallest absolute Gasteiger partial charge is 0.0725 e. The molecule has 2 N–H and O–H groups in total. The maximum atomic E-state index is 4.38. The molecule has 0 aliphatic heterocycles. The number of nitrogens with zero attached hydrogens (tertiary/aromatic N) is 2. The number of aromatic nitrogens is 3. The molecule has 0 saturated carbocycles. The van der Waals surface area contributed by atoms with Gasteiger partial charge < -0.3 is 5.32 Å². The maximum Gasteiger partial charge on any atom is 0.0725 e. The van der Waals surface area contributed by atoms with Crippen LogP contribution in [0.15, 0.2) is 54.9 Å². The van der Waals surface area contributed by atoms with Crippen LogP contribution in [0, 0.1) is 0 Å². The Morgan fingerprint density at radius 2 is 1.83 bits per heavy atom. The normalized spacial score (nSPS) is 11.4. The van der Waals surface area contributed by atoms with Crippen LogP contribution < -0.4 is 5.32 Å². The van der Waals surface area contributed by atoms with Gasteiger partial charge in [0.25, 0.3) is 0 Å². The van der Waals surface area contributed by atoms with Gasteiger partial charge >= 0.3 is 0 Å². The number of H-pyrrole nitrogens is 1. The zero-order valence-corrected chi connectivity index (χ0v) is 13.8. The molecule has 0 spiro atoms. The number of anilines is 1. The Morgan fingerprint density at radius 1 is 1.04 bits per heavy atom. The molecule has 3 aromatic rings. The van der Waals surface area contributed by atoms with E-state index in [-0.39, 0.29) is 5.41 Å². The molecule has 0 saturated heterocycles. The highest BCUT2D eigenvalue weighted by molar-refractivity contribution is 5.62. The molecule has 0 aliphatic carbocycles. The maximum absolute atomic E-state index is 4.38. The lowest BCUT2D eigenvalue weighted by Crippen LogP contribution is -2.15. The topological polar surface area (TPSA) is 53.6 Å². The highest BCUT2D eigenvalue weighted by atomic mass is 15.1. The van der Waals surface area contributed by atoms with Crippen LogP contribution in [0.25, 0.3) is 11.3 Å². The minimum atomic E-state index is 0.0415. The number of benzene rings is 1. The van der Waals surface area contributed by atoms with E-state index in [0.29, 0.717) is 0 Å². The number of nitrogens with one attached hydrogen (secondary N) is 2. The summed E-state index contributed by atoms with van der Waals surface area (Å²) in [5.41, 5.74) is 5.55. The number of rotatable bonds is 4. The first-order valence-electron chi connectivity index (χ1n) is 7.82. The van der Waals surface area contributed by atoms with Gasteiger partial charge in [0, 0.05) is 41.2 Å². The van der Waals surface area contributed by atoms with Crippen LogP contribution in [0.3, 0.4) is 0 Å². The molecule has 4 nitrogen and oxygen atoms in total. The highest BCUT2D eigenvalue weighted by Gasteiger charge is 2.20. The summed E-state index contributed by atoms with van der Waals surface area (Å²) in [5, 5.41) is 10.8. The molecule has 4 heteroatoms. The first-order chi connectivity index (χ1) is 11.0. The fourth-order valence-electron chi connectivity index (χ4n) is 2.59. The van der Waals surface area contributed by atoms with Gasteiger partial charge in [-0.25, -0.2) is 0 Å². The van der Waals surface area contributed by atoms with E-state index >= 15 is 0 Å². The van der Waals surface area contributed by atoms with Crippen molar-refractivity contribution in [2.75, 3.05) is 5.32 Å². The van der Waals surface area contributed by atoms with Crippen molar-refractivity contribution in [3.8, 4) is 11.3 Å². The zero-order valence-electron chi connectivity index (χ0n) is 13.8. The molecule has 118 valence electrons. The Bertz CT molecular complexity index is 752. The van der Waals surface area contributed by atoms with E-state index in [9.17, 15) is 0 Å². The average molecular weight is 306 g/mol. The van der Waals surface area contributed by atoms with Crippen LogP contribution in [0.5, 0.6) is 0 Å². The molecule has 0 aliphatic rings. The van der Waals surface area contributed by atoms with Crippen LogP contribution in [0.2, 0.25) is 0 Å². The summed E-state index contributed by atoms with van der Waals surface area (Å²) in [6, 6.07) is 14.3. The standard InChI is InChI=1S/C19H22N4/c1-19(2,3)18-15(13-22-23-18)12-21-16-9-7-14(8-10-16)17-6-4-5-11-20-17/h4-11,13,21H,12H2,1-3H3,(H,22,23). The minimum Gasteiger partial charge on any atom is -0.381 e. The summed E-state index contributed by atoms with van der Waals surface area (Å²) in [4.78, 5) is 4.37. The van der Waals surface area contributed by atoms with Gasteiger partial charge in [-0.3, -0.25) is 10.1 Å². The summed E-state index contributed by atoms with van der Waals surface area (Å²) in [7, 11) is 0. The summed E-state index contributed by atoms with van der Waals surface area (Å²) < 4.78 is 0. The quantitative estimate of drug-likeness (QED) is 0.752. The van der Waals surface area contributed by atoms with Crippen molar-refractivity contribution < 1.29 is 0 Å². The van der Waals surface area contributed by atoms with Crippen LogP contribution in [0.1, 0.15) is 32.0 Å². The van der Waals surface area contributed by atoms with Gasteiger partial charge in [-0.05, 0) is 24.3 Å². The average Bonchev–Trinajstić information content (AvgIpc) is 3.03. The summed E-state index contributed by atoms with van der Waals surface area (Å²) >= 11 is 0. The molecule has 3 rings (SSSR count). The van der Waals surface area contributed by atoms with E-state index in [1.165, 1.54) is 5.56 Å². The monoisotopic (exact) mass is 306 g/mol. The lowest BCUT2D eigenvalue weighted by molar-refractivity contribution is 0.561. The zero-order chi connectivity index (χ0) is 16.3. The van der Waals surface area contributed by atoms with Crippen molar-refractivity contribution in [1.82, 2.24) is 15.2 Å². The van der Waals surface area contributed by atoms with Crippen molar-refractivity contribution >= 4 is 5.69 Å². The van der Waals surface area contributed by atoms with Crippen molar-refractivity contribution in [2.24, 2.45) is 0 Å². The summed E-state index contributed by atoms with van der Waals surface area (Å²) in [6.45, 7) is 7.28. The third kappa shape index (κ3) is 3.59. The van der Waals surface area contributed by atoms with Crippen LogP contribution in [-0.2, 0) is 12.0 Å². The summed E-state index contributed by atoms with van der Waals surface area (Å²) in [5.74, 6) is 0. The molecule has 1 aromatic carbocycles. The Hall–Kier alpha value is -2.62. The van der Waals surface area contributed by atoms with Crippen molar-refractivity contribution in [2.45, 2.75) is 32.7 Å². The molecule has 2 aromatic heterocycles. The first-order valence-corrected chi connectivity index (χ1v) is 7.82. The summed E-state index contributed by atoms with van der Waals surface area (Å²) in [6.07, 6.45) is 3.78. The van der Waals surface area contributed by atoms with Crippen molar-refractivity contribution in [3.63, 3.8) is 0 Å². The molecule has 0 bridgehead atoms. The number of pyridine rings is 1. The lowest BCUT2D eigenvalue weighted by atomic mass is 9.89. The van der Waals surface area contributed by atoms with Crippen molar-refractivity contribution in [3.05, 3.63) is 66.1 Å². The number of aromatic amines is 1. The lowest BCUT2D eigenvalue weighted by Gasteiger charge is -2.17. The predicted octanol–water partition coefficient (Wildman–Crippen LogP) is 4.38. The van der Waals surface area contributed by atoms with Gasteiger partial charge in [-0.1, -0.05) is 39.0 Å². The Morgan fingerprint density at radius 3 is 2.48 bits per heavy atom. The number of hydrogen-bond donors (Lipinski definition) is 2. The Labute approximate surface area is 137 Å². The van der Waals surface area contributed by atoms with E-state index in [4.69, 9.17) is 0 Å². The molecule has 0 fully saturated rings. The predicted molar refractivity (Wildman–Crippen MR) is 94.3 cm³/mol. The van der Waals surface area contributed by atoms with Gasteiger partial charge in [0.2, 0.25) is 0 Å². The molecule has 0 unspecified atom stereocenters. The number of hydrogen-bond acceptors (Lipinski definition) is 3. The molecule has 2 heterocycles. The van der Waals surface area contributed by atoms with Gasteiger partial charge in [0.05, 0.1) is 11.4 Å². The highest BCUT2D eigenvalue weighted by Crippen LogP contribution is 2.24.